The number of aryl methyl sites for hydroxylation is 2. The van der Waals surface area contributed by atoms with Gasteiger partial charge in [0.25, 0.3) is 0 Å². The molecule has 1 heterocycles. The minimum Gasteiger partial charge on any atom is -0.504 e. The van der Waals surface area contributed by atoms with Gasteiger partial charge in [-0.2, -0.15) is 5.10 Å². The Labute approximate surface area is 164 Å². The summed E-state index contributed by atoms with van der Waals surface area (Å²) in [5.74, 6) is 0.949. The molecule has 0 amide bonds. The van der Waals surface area contributed by atoms with Gasteiger partial charge < -0.3 is 9.84 Å². The van der Waals surface area contributed by atoms with Crippen molar-refractivity contribution < 1.29 is 9.84 Å². The lowest BCUT2D eigenvalue weighted by Crippen LogP contribution is -2.00. The molecular weight excluding hydrogens is 348 g/mol. The lowest BCUT2D eigenvalue weighted by Gasteiger charge is -2.10. The molecule has 1 N–H and O–H groups in total. The molecule has 28 heavy (non-hydrogen) atoms. The third-order valence-corrected chi connectivity index (χ3v) is 4.90. The monoisotopic (exact) mass is 370 g/mol. The van der Waals surface area contributed by atoms with E-state index in [1.54, 1.807) is 11.8 Å². The summed E-state index contributed by atoms with van der Waals surface area (Å²) in [7, 11) is 1.64. The Morgan fingerprint density at radius 1 is 0.857 bits per heavy atom. The number of ether oxygens (including phenoxy) is 1. The van der Waals surface area contributed by atoms with Crippen LogP contribution in [-0.2, 0) is 0 Å². The van der Waals surface area contributed by atoms with E-state index in [1.165, 1.54) is 0 Å². The Balaban J connectivity index is 1.96. The van der Waals surface area contributed by atoms with E-state index < -0.39 is 0 Å². The number of hydrogen-bond donors (Lipinski definition) is 1. The fraction of sp³-hybridized carbons (Fsp3) is 0.125. The second-order valence-corrected chi connectivity index (χ2v) is 6.84. The van der Waals surface area contributed by atoms with Crippen LogP contribution in [0.25, 0.3) is 28.2 Å². The van der Waals surface area contributed by atoms with E-state index >= 15 is 0 Å². The van der Waals surface area contributed by atoms with Crippen LogP contribution in [0.15, 0.2) is 72.8 Å². The first kappa shape index (κ1) is 17.9. The third-order valence-electron chi connectivity index (χ3n) is 4.90. The second kappa shape index (κ2) is 7.24. The highest BCUT2D eigenvalue weighted by Gasteiger charge is 2.22. The van der Waals surface area contributed by atoms with Gasteiger partial charge in [-0.15, -0.1) is 0 Å². The smallest absolute Gasteiger partial charge is 0.170 e. The fourth-order valence-corrected chi connectivity index (χ4v) is 3.31. The molecule has 0 fully saturated rings. The number of rotatable bonds is 4. The third kappa shape index (κ3) is 3.14. The molecule has 4 heteroatoms. The van der Waals surface area contributed by atoms with Gasteiger partial charge in [0.2, 0.25) is 0 Å². The molecule has 0 saturated heterocycles. The second-order valence-electron chi connectivity index (χ2n) is 6.84. The summed E-state index contributed by atoms with van der Waals surface area (Å²) in [5, 5.41) is 15.9. The molecule has 0 unspecified atom stereocenters. The van der Waals surface area contributed by atoms with Crippen LogP contribution in [0.2, 0.25) is 0 Å². The molecule has 0 aliphatic heterocycles. The Bertz CT molecular complexity index is 1110. The summed E-state index contributed by atoms with van der Waals surface area (Å²) in [6, 6.07) is 23.7. The minimum absolute atomic E-state index is 0.175. The first-order chi connectivity index (χ1) is 13.6. The van der Waals surface area contributed by atoms with Crippen LogP contribution in [-0.4, -0.2) is 22.0 Å². The zero-order valence-corrected chi connectivity index (χ0v) is 16.2. The molecule has 4 rings (SSSR count). The van der Waals surface area contributed by atoms with Gasteiger partial charge in [0.1, 0.15) is 17.1 Å². The maximum atomic E-state index is 11.2. The molecule has 4 nitrogen and oxygen atoms in total. The van der Waals surface area contributed by atoms with Crippen LogP contribution < -0.4 is 4.74 Å². The average Bonchev–Trinajstić information content (AvgIpc) is 3.06. The standard InChI is InChI=1S/C24H22N2O2/c1-16-8-10-18(11-9-16)22-24(27)23(21-7-5-4-6-17(21)2)26(25-22)19-12-14-20(28-3)15-13-19/h4-15,27H,1-3H3. The van der Waals surface area contributed by atoms with Crippen molar-refractivity contribution in [3.8, 4) is 39.7 Å². The number of nitrogens with zero attached hydrogens (tertiary/aromatic N) is 2. The molecule has 4 aromatic rings. The van der Waals surface area contributed by atoms with Gasteiger partial charge in [-0.3, -0.25) is 0 Å². The Morgan fingerprint density at radius 2 is 1.54 bits per heavy atom. The Kier molecular flexibility index (Phi) is 4.62. The van der Waals surface area contributed by atoms with Crippen molar-refractivity contribution >= 4 is 0 Å². The van der Waals surface area contributed by atoms with Gasteiger partial charge in [-0.05, 0) is 43.7 Å². The van der Waals surface area contributed by atoms with Crippen LogP contribution in [0, 0.1) is 13.8 Å². The normalized spacial score (nSPS) is 10.8. The summed E-state index contributed by atoms with van der Waals surface area (Å²) in [6.07, 6.45) is 0. The number of aromatic hydroxyl groups is 1. The van der Waals surface area contributed by atoms with Crippen LogP contribution in [0.3, 0.4) is 0 Å². The maximum Gasteiger partial charge on any atom is 0.170 e. The van der Waals surface area contributed by atoms with Crippen LogP contribution in [0.1, 0.15) is 11.1 Å². The average molecular weight is 370 g/mol. The fourth-order valence-electron chi connectivity index (χ4n) is 3.31. The summed E-state index contributed by atoms with van der Waals surface area (Å²) in [5.41, 5.74) is 6.16. The number of benzene rings is 3. The van der Waals surface area contributed by atoms with E-state index in [1.807, 2.05) is 86.6 Å². The van der Waals surface area contributed by atoms with Crippen molar-refractivity contribution in [1.29, 1.82) is 0 Å². The van der Waals surface area contributed by atoms with E-state index in [9.17, 15) is 5.11 Å². The van der Waals surface area contributed by atoms with Gasteiger partial charge in [0, 0.05) is 11.1 Å². The highest BCUT2D eigenvalue weighted by molar-refractivity contribution is 5.80. The van der Waals surface area contributed by atoms with Crippen molar-refractivity contribution in [2.45, 2.75) is 13.8 Å². The molecule has 0 radical (unpaired) electrons. The summed E-state index contributed by atoms with van der Waals surface area (Å²) in [4.78, 5) is 0. The molecule has 0 aliphatic rings. The highest BCUT2D eigenvalue weighted by atomic mass is 16.5. The van der Waals surface area contributed by atoms with E-state index in [-0.39, 0.29) is 5.75 Å². The number of methoxy groups -OCH3 is 1. The molecule has 0 spiro atoms. The Morgan fingerprint density at radius 3 is 2.18 bits per heavy atom. The Hall–Kier alpha value is -3.53. The number of hydrogen-bond acceptors (Lipinski definition) is 3. The van der Waals surface area contributed by atoms with Crippen LogP contribution in [0.5, 0.6) is 11.5 Å². The summed E-state index contributed by atoms with van der Waals surface area (Å²) in [6.45, 7) is 4.07. The lowest BCUT2D eigenvalue weighted by atomic mass is 10.0. The zero-order chi connectivity index (χ0) is 19.7. The number of aromatic nitrogens is 2. The van der Waals surface area contributed by atoms with Crippen molar-refractivity contribution in [3.05, 3.63) is 83.9 Å². The van der Waals surface area contributed by atoms with E-state index in [2.05, 4.69) is 0 Å². The first-order valence-electron chi connectivity index (χ1n) is 9.18. The van der Waals surface area contributed by atoms with Crippen molar-refractivity contribution in [3.63, 3.8) is 0 Å². The molecule has 1 aromatic heterocycles. The van der Waals surface area contributed by atoms with E-state index in [4.69, 9.17) is 9.84 Å². The van der Waals surface area contributed by atoms with Gasteiger partial charge in [-0.25, -0.2) is 4.68 Å². The molecule has 0 aliphatic carbocycles. The zero-order valence-electron chi connectivity index (χ0n) is 16.2. The topological polar surface area (TPSA) is 47.3 Å². The largest absolute Gasteiger partial charge is 0.504 e. The predicted molar refractivity (Wildman–Crippen MR) is 112 cm³/mol. The van der Waals surface area contributed by atoms with Crippen molar-refractivity contribution in [2.24, 2.45) is 0 Å². The summed E-state index contributed by atoms with van der Waals surface area (Å²) < 4.78 is 7.07. The van der Waals surface area contributed by atoms with Crippen LogP contribution >= 0.6 is 0 Å². The lowest BCUT2D eigenvalue weighted by molar-refractivity contribution is 0.414. The summed E-state index contributed by atoms with van der Waals surface area (Å²) >= 11 is 0. The maximum absolute atomic E-state index is 11.2. The molecule has 0 saturated carbocycles. The van der Waals surface area contributed by atoms with Crippen molar-refractivity contribution in [2.75, 3.05) is 7.11 Å². The van der Waals surface area contributed by atoms with Crippen molar-refractivity contribution in [1.82, 2.24) is 9.78 Å². The highest BCUT2D eigenvalue weighted by Crippen LogP contribution is 2.40. The molecule has 0 bridgehead atoms. The minimum atomic E-state index is 0.175. The molecule has 140 valence electrons. The first-order valence-corrected chi connectivity index (χ1v) is 9.18. The van der Waals surface area contributed by atoms with Gasteiger partial charge in [0.15, 0.2) is 5.75 Å². The van der Waals surface area contributed by atoms with Crippen LogP contribution in [0.4, 0.5) is 0 Å². The molecule has 0 atom stereocenters. The SMILES string of the molecule is COc1ccc(-n2nc(-c3ccc(C)cc3)c(O)c2-c2ccccc2C)cc1. The van der Waals surface area contributed by atoms with Gasteiger partial charge in [-0.1, -0.05) is 54.1 Å². The van der Waals surface area contributed by atoms with Gasteiger partial charge >= 0.3 is 0 Å². The molecule has 3 aromatic carbocycles. The van der Waals surface area contributed by atoms with E-state index in [0.29, 0.717) is 11.4 Å². The quantitative estimate of drug-likeness (QED) is 0.513. The molecular formula is C24H22N2O2. The van der Waals surface area contributed by atoms with E-state index in [0.717, 1.165) is 33.7 Å². The van der Waals surface area contributed by atoms with Gasteiger partial charge in [0.05, 0.1) is 12.8 Å². The predicted octanol–water partition coefficient (Wildman–Crippen LogP) is 5.54.